The van der Waals surface area contributed by atoms with Crippen LogP contribution in [0.5, 0.6) is 5.75 Å². The molecule has 174 valence electrons. The van der Waals surface area contributed by atoms with Crippen LogP contribution in [0.1, 0.15) is 102 Å². The van der Waals surface area contributed by atoms with Crippen LogP contribution in [0.2, 0.25) is 0 Å². The van der Waals surface area contributed by atoms with Crippen molar-refractivity contribution in [3.8, 4) is 11.4 Å². The van der Waals surface area contributed by atoms with Gasteiger partial charge in [0, 0.05) is 0 Å². The molecule has 0 aliphatic heterocycles. The first kappa shape index (κ1) is 24.3. The quantitative estimate of drug-likeness (QED) is 0.264. The standard InChI is InChI=1S/C28H41N3O/c1-4-7-9-11-13-15-23-19-24(16-14-12-10-8-5-2)28(32)27(21-23)31-29-25-18-17-22(6-3)20-26(25)30-31/h17-21,32H,4-16H2,1-3H3. The highest BCUT2D eigenvalue weighted by Gasteiger charge is 2.15. The summed E-state index contributed by atoms with van der Waals surface area (Å²) in [6, 6.07) is 10.5. The number of aryl methyl sites for hydroxylation is 3. The van der Waals surface area contributed by atoms with Gasteiger partial charge in [0.1, 0.15) is 22.5 Å². The Morgan fingerprint density at radius 3 is 2.03 bits per heavy atom. The largest absolute Gasteiger partial charge is 0.505 e. The Hall–Kier alpha value is -2.36. The first-order valence-electron chi connectivity index (χ1n) is 12.9. The van der Waals surface area contributed by atoms with Crippen LogP contribution in [0.3, 0.4) is 0 Å². The summed E-state index contributed by atoms with van der Waals surface area (Å²) >= 11 is 0. The number of unbranched alkanes of at least 4 members (excludes halogenated alkanes) is 8. The molecule has 2 aromatic carbocycles. The topological polar surface area (TPSA) is 50.9 Å². The van der Waals surface area contributed by atoms with Crippen molar-refractivity contribution in [3.05, 3.63) is 47.0 Å². The second kappa shape index (κ2) is 12.6. The molecule has 3 rings (SSSR count). The molecule has 0 saturated heterocycles. The molecular formula is C28H41N3O. The minimum Gasteiger partial charge on any atom is -0.505 e. The van der Waals surface area contributed by atoms with Crippen LogP contribution < -0.4 is 0 Å². The van der Waals surface area contributed by atoms with Crippen LogP contribution in [-0.2, 0) is 19.3 Å². The highest BCUT2D eigenvalue weighted by molar-refractivity contribution is 5.75. The highest BCUT2D eigenvalue weighted by atomic mass is 16.3. The van der Waals surface area contributed by atoms with E-state index in [1.54, 1.807) is 4.80 Å². The van der Waals surface area contributed by atoms with E-state index in [2.05, 4.69) is 50.1 Å². The van der Waals surface area contributed by atoms with Crippen LogP contribution in [0, 0.1) is 0 Å². The van der Waals surface area contributed by atoms with Crippen molar-refractivity contribution >= 4 is 11.0 Å². The molecule has 0 aliphatic carbocycles. The van der Waals surface area contributed by atoms with Gasteiger partial charge < -0.3 is 5.11 Å². The van der Waals surface area contributed by atoms with E-state index in [9.17, 15) is 5.11 Å². The van der Waals surface area contributed by atoms with Gasteiger partial charge >= 0.3 is 0 Å². The summed E-state index contributed by atoms with van der Waals surface area (Å²) in [5.41, 5.74) is 6.05. The summed E-state index contributed by atoms with van der Waals surface area (Å²) in [6.07, 6.45) is 15.4. The molecule has 0 fully saturated rings. The first-order valence-corrected chi connectivity index (χ1v) is 12.9. The van der Waals surface area contributed by atoms with Crippen molar-refractivity contribution in [1.29, 1.82) is 0 Å². The predicted molar refractivity (Wildman–Crippen MR) is 135 cm³/mol. The van der Waals surface area contributed by atoms with Gasteiger partial charge in [0.15, 0.2) is 0 Å². The number of phenolic OH excluding ortho intramolecular Hbond substituents is 1. The summed E-state index contributed by atoms with van der Waals surface area (Å²) in [4.78, 5) is 1.64. The van der Waals surface area contributed by atoms with Crippen LogP contribution in [0.15, 0.2) is 30.3 Å². The maximum atomic E-state index is 11.1. The molecule has 0 bridgehead atoms. The lowest BCUT2D eigenvalue weighted by Gasteiger charge is -2.13. The van der Waals surface area contributed by atoms with Gasteiger partial charge in [-0.3, -0.25) is 0 Å². The van der Waals surface area contributed by atoms with Crippen LogP contribution in [0.4, 0.5) is 0 Å². The smallest absolute Gasteiger partial charge is 0.146 e. The zero-order valence-electron chi connectivity index (χ0n) is 20.4. The van der Waals surface area contributed by atoms with E-state index < -0.39 is 0 Å². The van der Waals surface area contributed by atoms with Gasteiger partial charge in [-0.05, 0) is 67.0 Å². The van der Waals surface area contributed by atoms with E-state index in [4.69, 9.17) is 5.10 Å². The van der Waals surface area contributed by atoms with E-state index in [0.29, 0.717) is 11.4 Å². The number of hydrogen-bond acceptors (Lipinski definition) is 3. The van der Waals surface area contributed by atoms with Crippen molar-refractivity contribution in [2.45, 2.75) is 104 Å². The summed E-state index contributed by atoms with van der Waals surface area (Å²) in [5.74, 6) is 0.339. The molecule has 0 amide bonds. The lowest BCUT2D eigenvalue weighted by molar-refractivity contribution is 0.458. The first-order chi connectivity index (χ1) is 15.7. The average Bonchev–Trinajstić information content (AvgIpc) is 3.23. The summed E-state index contributed by atoms with van der Waals surface area (Å²) < 4.78 is 0. The third kappa shape index (κ3) is 6.57. The number of aromatic hydroxyl groups is 1. The van der Waals surface area contributed by atoms with E-state index in [-0.39, 0.29) is 0 Å². The maximum Gasteiger partial charge on any atom is 0.146 e. The van der Waals surface area contributed by atoms with E-state index >= 15 is 0 Å². The van der Waals surface area contributed by atoms with E-state index in [0.717, 1.165) is 42.3 Å². The Morgan fingerprint density at radius 1 is 0.688 bits per heavy atom. The fraction of sp³-hybridized carbons (Fsp3) is 0.571. The number of aromatic nitrogens is 3. The predicted octanol–water partition coefficient (Wildman–Crippen LogP) is 7.71. The molecule has 0 saturated carbocycles. The number of nitrogens with zero attached hydrogens (tertiary/aromatic N) is 3. The number of benzene rings is 2. The van der Waals surface area contributed by atoms with Crippen molar-refractivity contribution in [1.82, 2.24) is 15.0 Å². The third-order valence-corrected chi connectivity index (χ3v) is 6.42. The number of hydrogen-bond donors (Lipinski definition) is 1. The Bertz CT molecular complexity index is 976. The molecule has 4 nitrogen and oxygen atoms in total. The molecule has 0 unspecified atom stereocenters. The van der Waals surface area contributed by atoms with Crippen LogP contribution >= 0.6 is 0 Å². The monoisotopic (exact) mass is 435 g/mol. The highest BCUT2D eigenvalue weighted by Crippen LogP contribution is 2.30. The van der Waals surface area contributed by atoms with Crippen LogP contribution in [0.25, 0.3) is 16.7 Å². The minimum atomic E-state index is 0.339. The molecule has 1 aromatic heterocycles. The fourth-order valence-corrected chi connectivity index (χ4v) is 4.37. The molecule has 32 heavy (non-hydrogen) atoms. The van der Waals surface area contributed by atoms with Crippen LogP contribution in [-0.4, -0.2) is 20.1 Å². The fourth-order valence-electron chi connectivity index (χ4n) is 4.37. The zero-order chi connectivity index (χ0) is 22.8. The lowest BCUT2D eigenvalue weighted by atomic mass is 9.98. The van der Waals surface area contributed by atoms with Gasteiger partial charge in [-0.25, -0.2) is 0 Å². The van der Waals surface area contributed by atoms with Gasteiger partial charge in [0.2, 0.25) is 0 Å². The molecule has 3 aromatic rings. The lowest BCUT2D eigenvalue weighted by Crippen LogP contribution is -2.03. The van der Waals surface area contributed by atoms with Gasteiger partial charge in [-0.15, -0.1) is 15.0 Å². The van der Waals surface area contributed by atoms with Gasteiger partial charge in [0.25, 0.3) is 0 Å². The van der Waals surface area contributed by atoms with Gasteiger partial charge in [-0.1, -0.05) is 84.3 Å². The molecular weight excluding hydrogens is 394 g/mol. The second-order valence-electron chi connectivity index (χ2n) is 9.12. The molecule has 1 heterocycles. The Labute approximate surface area is 194 Å². The average molecular weight is 436 g/mol. The zero-order valence-corrected chi connectivity index (χ0v) is 20.4. The van der Waals surface area contributed by atoms with Gasteiger partial charge in [-0.2, -0.15) is 0 Å². The maximum absolute atomic E-state index is 11.1. The normalized spacial score (nSPS) is 11.5. The summed E-state index contributed by atoms with van der Waals surface area (Å²) in [6.45, 7) is 6.64. The van der Waals surface area contributed by atoms with E-state index in [1.807, 2.05) is 6.07 Å². The summed E-state index contributed by atoms with van der Waals surface area (Å²) in [5, 5.41) is 20.5. The molecule has 0 spiro atoms. The molecule has 1 N–H and O–H groups in total. The number of fused-ring (bicyclic) bond motifs is 1. The van der Waals surface area contributed by atoms with Gasteiger partial charge in [0.05, 0.1) is 0 Å². The Balaban J connectivity index is 1.85. The summed E-state index contributed by atoms with van der Waals surface area (Å²) in [7, 11) is 0. The van der Waals surface area contributed by atoms with Crippen molar-refractivity contribution in [3.63, 3.8) is 0 Å². The number of rotatable bonds is 14. The van der Waals surface area contributed by atoms with Crippen molar-refractivity contribution < 1.29 is 5.11 Å². The second-order valence-corrected chi connectivity index (χ2v) is 9.12. The SMILES string of the molecule is CCCCCCCc1cc(CCCCCCC)c(O)c(-n2nc3ccc(CC)cc3n2)c1. The van der Waals surface area contributed by atoms with E-state index in [1.165, 1.54) is 68.9 Å². The Morgan fingerprint density at radius 2 is 1.34 bits per heavy atom. The molecule has 4 heteroatoms. The molecule has 0 atom stereocenters. The Kier molecular flexibility index (Phi) is 9.58. The number of phenols is 1. The third-order valence-electron chi connectivity index (χ3n) is 6.42. The molecule has 0 aliphatic rings. The molecule has 0 radical (unpaired) electrons. The minimum absolute atomic E-state index is 0.339. The van der Waals surface area contributed by atoms with Crippen molar-refractivity contribution in [2.75, 3.05) is 0 Å². The van der Waals surface area contributed by atoms with Crippen molar-refractivity contribution in [2.24, 2.45) is 0 Å².